The third-order valence-electron chi connectivity index (χ3n) is 2.05. The number of hydrogen-bond donors (Lipinski definition) is 3. The topological polar surface area (TPSA) is 66.5 Å². The molecule has 0 fully saturated rings. The molecule has 1 aromatic carbocycles. The standard InChI is InChI=1S/C9H9F4NO2.ClH/c10-4-1-5(11)7(6(16)2-4)8(14)9(12,13)3-15;/h1-2,8,15-16H,3,14H2;1H/t8-;/m0./s1. The first kappa shape index (κ1) is 16.0. The Bertz CT molecular complexity index is 380. The second-order valence-corrected chi connectivity index (χ2v) is 3.22. The molecular weight excluding hydrogens is 266 g/mol. The monoisotopic (exact) mass is 275 g/mol. The maximum atomic E-state index is 13.1. The molecule has 0 spiro atoms. The summed E-state index contributed by atoms with van der Waals surface area (Å²) in [5, 5.41) is 17.5. The van der Waals surface area contributed by atoms with Crippen molar-refractivity contribution in [3.63, 3.8) is 0 Å². The summed E-state index contributed by atoms with van der Waals surface area (Å²) >= 11 is 0. The molecule has 0 bridgehead atoms. The first-order chi connectivity index (χ1) is 7.29. The first-order valence-electron chi connectivity index (χ1n) is 4.21. The largest absolute Gasteiger partial charge is 0.507 e. The van der Waals surface area contributed by atoms with Crippen LogP contribution in [0.3, 0.4) is 0 Å². The van der Waals surface area contributed by atoms with Crippen molar-refractivity contribution in [2.24, 2.45) is 5.73 Å². The Morgan fingerprint density at radius 3 is 2.24 bits per heavy atom. The van der Waals surface area contributed by atoms with Crippen molar-refractivity contribution in [2.75, 3.05) is 6.61 Å². The predicted octanol–water partition coefficient (Wildman–Crippen LogP) is 1.72. The van der Waals surface area contributed by atoms with E-state index in [2.05, 4.69) is 0 Å². The van der Waals surface area contributed by atoms with Crippen LogP contribution in [0.4, 0.5) is 17.6 Å². The van der Waals surface area contributed by atoms with Crippen LogP contribution >= 0.6 is 12.4 Å². The van der Waals surface area contributed by atoms with Gasteiger partial charge >= 0.3 is 0 Å². The summed E-state index contributed by atoms with van der Waals surface area (Å²) in [5.74, 6) is -7.33. The lowest BCUT2D eigenvalue weighted by molar-refractivity contribution is -0.0723. The summed E-state index contributed by atoms with van der Waals surface area (Å²) in [5.41, 5.74) is 4.07. The van der Waals surface area contributed by atoms with E-state index in [1.165, 1.54) is 0 Å². The van der Waals surface area contributed by atoms with Gasteiger partial charge in [-0.3, -0.25) is 0 Å². The maximum Gasteiger partial charge on any atom is 0.289 e. The van der Waals surface area contributed by atoms with Crippen LogP contribution in [0.5, 0.6) is 5.75 Å². The first-order valence-corrected chi connectivity index (χ1v) is 4.21. The van der Waals surface area contributed by atoms with Gasteiger partial charge in [0.1, 0.15) is 30.0 Å². The molecular formula is C9H10ClF4NO2. The van der Waals surface area contributed by atoms with Gasteiger partial charge in [-0.05, 0) is 0 Å². The molecule has 0 heterocycles. The van der Waals surface area contributed by atoms with Crippen molar-refractivity contribution in [2.45, 2.75) is 12.0 Å². The number of alkyl halides is 2. The second kappa shape index (κ2) is 5.52. The Morgan fingerprint density at radius 2 is 1.82 bits per heavy atom. The Kier molecular flexibility index (Phi) is 5.18. The number of hydrogen-bond acceptors (Lipinski definition) is 3. The number of benzene rings is 1. The van der Waals surface area contributed by atoms with Crippen LogP contribution in [0.1, 0.15) is 11.6 Å². The Balaban J connectivity index is 0.00000256. The molecule has 1 rings (SSSR count). The van der Waals surface area contributed by atoms with E-state index in [1.807, 2.05) is 0 Å². The highest BCUT2D eigenvalue weighted by Crippen LogP contribution is 2.35. The molecule has 3 nitrogen and oxygen atoms in total. The van der Waals surface area contributed by atoms with Gasteiger partial charge in [0.15, 0.2) is 0 Å². The molecule has 0 aliphatic carbocycles. The molecule has 0 aliphatic heterocycles. The van der Waals surface area contributed by atoms with Crippen molar-refractivity contribution < 1.29 is 27.8 Å². The third kappa shape index (κ3) is 3.21. The van der Waals surface area contributed by atoms with Crippen LogP contribution < -0.4 is 5.73 Å². The minimum absolute atomic E-state index is 0. The molecule has 8 heteroatoms. The third-order valence-corrected chi connectivity index (χ3v) is 2.05. The molecule has 98 valence electrons. The van der Waals surface area contributed by atoms with Gasteiger partial charge in [0.2, 0.25) is 0 Å². The molecule has 0 amide bonds. The van der Waals surface area contributed by atoms with Gasteiger partial charge in [-0.15, -0.1) is 12.4 Å². The highest BCUT2D eigenvalue weighted by atomic mass is 35.5. The molecule has 4 N–H and O–H groups in total. The van der Waals surface area contributed by atoms with Crippen LogP contribution in [-0.2, 0) is 0 Å². The minimum Gasteiger partial charge on any atom is -0.507 e. The van der Waals surface area contributed by atoms with E-state index in [0.717, 1.165) is 0 Å². The van der Waals surface area contributed by atoms with Gasteiger partial charge in [0.05, 0.1) is 5.56 Å². The highest BCUT2D eigenvalue weighted by Gasteiger charge is 2.40. The van der Waals surface area contributed by atoms with Crippen LogP contribution in [0.15, 0.2) is 12.1 Å². The van der Waals surface area contributed by atoms with Crippen LogP contribution in [-0.4, -0.2) is 22.7 Å². The Morgan fingerprint density at radius 1 is 1.29 bits per heavy atom. The Hall–Kier alpha value is -1.05. The molecule has 0 saturated carbocycles. The summed E-state index contributed by atoms with van der Waals surface area (Å²) in [6.45, 7) is -1.61. The Labute approximate surface area is 100 Å². The van der Waals surface area contributed by atoms with E-state index in [1.54, 1.807) is 0 Å². The predicted molar refractivity (Wildman–Crippen MR) is 54.2 cm³/mol. The van der Waals surface area contributed by atoms with Crippen LogP contribution in [0.25, 0.3) is 0 Å². The fraction of sp³-hybridized carbons (Fsp3) is 0.333. The molecule has 0 aliphatic rings. The van der Waals surface area contributed by atoms with Crippen LogP contribution in [0, 0.1) is 11.6 Å². The van der Waals surface area contributed by atoms with Gasteiger partial charge in [-0.2, -0.15) is 0 Å². The average Bonchev–Trinajstić information content (AvgIpc) is 2.15. The molecule has 0 saturated heterocycles. The molecule has 1 aromatic rings. The van der Waals surface area contributed by atoms with E-state index >= 15 is 0 Å². The molecule has 0 aromatic heterocycles. The summed E-state index contributed by atoms with van der Waals surface area (Å²) in [4.78, 5) is 0. The number of halogens is 5. The zero-order valence-electron chi connectivity index (χ0n) is 8.33. The van der Waals surface area contributed by atoms with E-state index in [0.29, 0.717) is 12.1 Å². The zero-order chi connectivity index (χ0) is 12.5. The van der Waals surface area contributed by atoms with Crippen molar-refractivity contribution in [3.8, 4) is 5.75 Å². The zero-order valence-corrected chi connectivity index (χ0v) is 9.15. The van der Waals surface area contributed by atoms with Gasteiger partial charge in [-0.25, -0.2) is 17.6 Å². The smallest absolute Gasteiger partial charge is 0.289 e. The molecule has 0 radical (unpaired) electrons. The number of aliphatic hydroxyl groups excluding tert-OH is 1. The summed E-state index contributed by atoms with van der Waals surface area (Å²) in [7, 11) is 0. The normalized spacial score (nSPS) is 13.1. The van der Waals surface area contributed by atoms with Crippen molar-refractivity contribution in [1.29, 1.82) is 0 Å². The summed E-state index contributed by atoms with van der Waals surface area (Å²) in [6, 6.07) is -1.47. The molecule has 1 atom stereocenters. The molecule has 17 heavy (non-hydrogen) atoms. The lowest BCUT2D eigenvalue weighted by Gasteiger charge is -2.22. The quantitative estimate of drug-likeness (QED) is 0.736. The number of aliphatic hydroxyl groups is 1. The van der Waals surface area contributed by atoms with E-state index in [-0.39, 0.29) is 12.4 Å². The number of nitrogens with two attached hydrogens (primary N) is 1. The second-order valence-electron chi connectivity index (χ2n) is 3.22. The molecule has 0 unspecified atom stereocenters. The van der Waals surface area contributed by atoms with Crippen LogP contribution in [0.2, 0.25) is 0 Å². The number of rotatable bonds is 3. The van der Waals surface area contributed by atoms with Crippen molar-refractivity contribution in [1.82, 2.24) is 0 Å². The number of aromatic hydroxyl groups is 1. The van der Waals surface area contributed by atoms with Gasteiger partial charge in [0, 0.05) is 12.1 Å². The summed E-state index contributed by atoms with van der Waals surface area (Å²) < 4.78 is 51.6. The lowest BCUT2D eigenvalue weighted by Crippen LogP contribution is -2.36. The van der Waals surface area contributed by atoms with Gasteiger partial charge < -0.3 is 15.9 Å². The maximum absolute atomic E-state index is 13.1. The summed E-state index contributed by atoms with van der Waals surface area (Å²) in [6.07, 6.45) is 0. The lowest BCUT2D eigenvalue weighted by atomic mass is 10.00. The van der Waals surface area contributed by atoms with E-state index in [9.17, 15) is 17.6 Å². The van der Waals surface area contributed by atoms with Crippen molar-refractivity contribution in [3.05, 3.63) is 29.3 Å². The van der Waals surface area contributed by atoms with Crippen molar-refractivity contribution >= 4 is 12.4 Å². The van der Waals surface area contributed by atoms with E-state index in [4.69, 9.17) is 15.9 Å². The van der Waals surface area contributed by atoms with E-state index < -0.39 is 41.5 Å². The fourth-order valence-electron chi connectivity index (χ4n) is 1.19. The fourth-order valence-corrected chi connectivity index (χ4v) is 1.19. The number of phenols is 1. The van der Waals surface area contributed by atoms with Gasteiger partial charge in [-0.1, -0.05) is 0 Å². The highest BCUT2D eigenvalue weighted by molar-refractivity contribution is 5.85. The van der Waals surface area contributed by atoms with Gasteiger partial charge in [0.25, 0.3) is 5.92 Å². The number of phenolic OH excluding ortho intramolecular Hbond substituents is 1. The SMILES string of the molecule is Cl.N[C@@H](c1c(O)cc(F)cc1F)C(F)(F)CO. The average molecular weight is 276 g/mol. The minimum atomic E-state index is -3.81.